The highest BCUT2D eigenvalue weighted by Crippen LogP contribution is 2.34. The van der Waals surface area contributed by atoms with Gasteiger partial charge in [-0.3, -0.25) is 0 Å². The van der Waals surface area contributed by atoms with E-state index in [2.05, 4.69) is 5.32 Å². The van der Waals surface area contributed by atoms with E-state index in [1.807, 2.05) is 13.0 Å². The van der Waals surface area contributed by atoms with Crippen LogP contribution >= 0.6 is 0 Å². The van der Waals surface area contributed by atoms with Crippen molar-refractivity contribution in [3.05, 3.63) is 34.6 Å². The SMILES string of the molecule is Cc1cc(C)c(C2(F)CNC2)c(F)c1. The maximum absolute atomic E-state index is 14.0. The number of rotatable bonds is 1. The van der Waals surface area contributed by atoms with Crippen molar-refractivity contribution in [2.45, 2.75) is 19.5 Å². The predicted molar refractivity (Wildman–Crippen MR) is 51.5 cm³/mol. The second-order valence-electron chi connectivity index (χ2n) is 4.01. The van der Waals surface area contributed by atoms with Gasteiger partial charge < -0.3 is 5.32 Å². The second kappa shape index (κ2) is 3.02. The van der Waals surface area contributed by atoms with Crippen molar-refractivity contribution in [2.24, 2.45) is 0 Å². The zero-order valence-corrected chi connectivity index (χ0v) is 8.32. The zero-order valence-electron chi connectivity index (χ0n) is 8.32. The Morgan fingerprint density at radius 1 is 1.29 bits per heavy atom. The molecule has 1 aromatic carbocycles. The van der Waals surface area contributed by atoms with Crippen LogP contribution in [0.5, 0.6) is 0 Å². The van der Waals surface area contributed by atoms with Crippen LogP contribution in [0.25, 0.3) is 0 Å². The van der Waals surface area contributed by atoms with Crippen LogP contribution in [-0.2, 0) is 5.67 Å². The fourth-order valence-corrected chi connectivity index (χ4v) is 2.00. The number of alkyl halides is 1. The van der Waals surface area contributed by atoms with Crippen LogP contribution in [-0.4, -0.2) is 13.1 Å². The predicted octanol–water partition coefficient (Wildman–Crippen LogP) is 2.21. The third-order valence-electron chi connectivity index (χ3n) is 2.69. The first-order chi connectivity index (χ1) is 6.53. The topological polar surface area (TPSA) is 12.0 Å². The van der Waals surface area contributed by atoms with Gasteiger partial charge in [-0.05, 0) is 31.0 Å². The van der Waals surface area contributed by atoms with Crippen molar-refractivity contribution < 1.29 is 8.78 Å². The summed E-state index contributed by atoms with van der Waals surface area (Å²) in [4.78, 5) is 0. The highest BCUT2D eigenvalue weighted by atomic mass is 19.1. The van der Waals surface area contributed by atoms with Gasteiger partial charge in [0.05, 0.1) is 0 Å². The Hall–Kier alpha value is -0.960. The zero-order chi connectivity index (χ0) is 10.3. The molecular formula is C11H13F2N. The van der Waals surface area contributed by atoms with Crippen molar-refractivity contribution >= 4 is 0 Å². The largest absolute Gasteiger partial charge is 0.310 e. The molecule has 0 atom stereocenters. The Morgan fingerprint density at radius 3 is 2.36 bits per heavy atom. The average Bonchev–Trinajstić information content (AvgIpc) is 1.99. The van der Waals surface area contributed by atoms with Crippen molar-refractivity contribution in [1.82, 2.24) is 5.32 Å². The maximum Gasteiger partial charge on any atom is 0.163 e. The van der Waals surface area contributed by atoms with E-state index in [4.69, 9.17) is 0 Å². The molecule has 0 amide bonds. The summed E-state index contributed by atoms with van der Waals surface area (Å²) in [5, 5.41) is 2.83. The molecule has 1 aliphatic rings. The first-order valence-corrected chi connectivity index (χ1v) is 4.70. The molecule has 1 aliphatic heterocycles. The first-order valence-electron chi connectivity index (χ1n) is 4.70. The second-order valence-corrected chi connectivity index (χ2v) is 4.01. The van der Waals surface area contributed by atoms with Crippen molar-refractivity contribution in [3.63, 3.8) is 0 Å². The monoisotopic (exact) mass is 197 g/mol. The van der Waals surface area contributed by atoms with Crippen LogP contribution in [0.4, 0.5) is 8.78 Å². The molecule has 2 rings (SSSR count). The molecule has 3 heteroatoms. The van der Waals surface area contributed by atoms with Crippen molar-refractivity contribution in [3.8, 4) is 0 Å². The first kappa shape index (κ1) is 9.59. The lowest BCUT2D eigenvalue weighted by molar-refractivity contribution is 0.0839. The summed E-state index contributed by atoms with van der Waals surface area (Å²) in [5.74, 6) is -0.425. The van der Waals surface area contributed by atoms with Crippen molar-refractivity contribution in [2.75, 3.05) is 13.1 Å². The molecule has 1 nitrogen and oxygen atoms in total. The van der Waals surface area contributed by atoms with E-state index in [0.717, 1.165) is 5.56 Å². The quantitative estimate of drug-likeness (QED) is 0.727. The number of hydrogen-bond acceptors (Lipinski definition) is 1. The van der Waals surface area contributed by atoms with Gasteiger partial charge in [0, 0.05) is 18.7 Å². The Kier molecular flexibility index (Phi) is 2.07. The summed E-state index contributed by atoms with van der Waals surface area (Å²) in [7, 11) is 0. The lowest BCUT2D eigenvalue weighted by Crippen LogP contribution is -2.54. The van der Waals surface area contributed by atoms with Crippen molar-refractivity contribution in [1.29, 1.82) is 0 Å². The maximum atomic E-state index is 14.0. The summed E-state index contributed by atoms with van der Waals surface area (Å²) >= 11 is 0. The molecule has 0 radical (unpaired) electrons. The summed E-state index contributed by atoms with van der Waals surface area (Å²) < 4.78 is 27.5. The van der Waals surface area contributed by atoms with Crippen LogP contribution < -0.4 is 5.32 Å². The molecule has 1 heterocycles. The molecule has 76 valence electrons. The third kappa shape index (κ3) is 1.32. The Bertz CT molecular complexity index is 347. The molecule has 0 spiro atoms. The number of aryl methyl sites for hydroxylation is 2. The normalized spacial score (nSPS) is 19.1. The van der Waals surface area contributed by atoms with Gasteiger partial charge in [0.2, 0.25) is 0 Å². The summed E-state index contributed by atoms with van der Waals surface area (Å²) in [6, 6.07) is 3.21. The van der Waals surface area contributed by atoms with Gasteiger partial charge in [-0.2, -0.15) is 0 Å². The Morgan fingerprint density at radius 2 is 1.93 bits per heavy atom. The summed E-state index contributed by atoms with van der Waals surface area (Å²) in [5.41, 5.74) is 0.259. The molecule has 0 unspecified atom stereocenters. The molecule has 0 bridgehead atoms. The molecule has 1 fully saturated rings. The molecule has 1 N–H and O–H groups in total. The van der Waals surface area contributed by atoms with Gasteiger partial charge in [0.1, 0.15) is 5.82 Å². The van der Waals surface area contributed by atoms with E-state index in [9.17, 15) is 8.78 Å². The third-order valence-corrected chi connectivity index (χ3v) is 2.69. The Labute approximate surface area is 82.1 Å². The van der Waals surface area contributed by atoms with Crippen LogP contribution in [0.15, 0.2) is 12.1 Å². The van der Waals surface area contributed by atoms with E-state index in [-0.39, 0.29) is 18.7 Å². The van der Waals surface area contributed by atoms with Gasteiger partial charge in [0.15, 0.2) is 5.67 Å². The van der Waals surface area contributed by atoms with Crippen LogP contribution in [0.3, 0.4) is 0 Å². The lowest BCUT2D eigenvalue weighted by Gasteiger charge is -2.36. The molecule has 1 aromatic rings. The number of nitrogens with one attached hydrogen (secondary N) is 1. The molecule has 0 aliphatic carbocycles. The number of hydrogen-bond donors (Lipinski definition) is 1. The van der Waals surface area contributed by atoms with E-state index < -0.39 is 11.5 Å². The van der Waals surface area contributed by atoms with E-state index in [1.165, 1.54) is 6.07 Å². The highest BCUT2D eigenvalue weighted by Gasteiger charge is 2.42. The minimum absolute atomic E-state index is 0.216. The van der Waals surface area contributed by atoms with Gasteiger partial charge in [-0.15, -0.1) is 0 Å². The number of halogens is 2. The van der Waals surface area contributed by atoms with Crippen LogP contribution in [0, 0.1) is 19.7 Å². The highest BCUT2D eigenvalue weighted by molar-refractivity contribution is 5.38. The van der Waals surface area contributed by atoms with E-state index in [0.29, 0.717) is 5.56 Å². The standard InChI is InChI=1S/C11H13F2N/c1-7-3-8(2)10(9(12)4-7)11(13)5-14-6-11/h3-4,14H,5-6H2,1-2H3. The van der Waals surface area contributed by atoms with E-state index in [1.54, 1.807) is 6.92 Å². The van der Waals surface area contributed by atoms with E-state index >= 15 is 0 Å². The van der Waals surface area contributed by atoms with Gasteiger partial charge in [-0.1, -0.05) is 6.07 Å². The summed E-state index contributed by atoms with van der Waals surface area (Å²) in [6.45, 7) is 4.00. The minimum atomic E-state index is -1.50. The molecule has 0 saturated carbocycles. The van der Waals surface area contributed by atoms with Gasteiger partial charge in [0.25, 0.3) is 0 Å². The average molecular weight is 197 g/mol. The van der Waals surface area contributed by atoms with Crippen LogP contribution in [0.2, 0.25) is 0 Å². The molecule has 14 heavy (non-hydrogen) atoms. The molecular weight excluding hydrogens is 184 g/mol. The Balaban J connectivity index is 2.52. The fraction of sp³-hybridized carbons (Fsp3) is 0.455. The fourth-order valence-electron chi connectivity index (χ4n) is 2.00. The summed E-state index contributed by atoms with van der Waals surface area (Å²) in [6.07, 6.45) is 0. The lowest BCUT2D eigenvalue weighted by atomic mass is 9.86. The van der Waals surface area contributed by atoms with Gasteiger partial charge >= 0.3 is 0 Å². The van der Waals surface area contributed by atoms with Crippen LogP contribution in [0.1, 0.15) is 16.7 Å². The molecule has 1 saturated heterocycles. The molecule has 0 aromatic heterocycles. The van der Waals surface area contributed by atoms with Gasteiger partial charge in [-0.25, -0.2) is 8.78 Å². The number of benzene rings is 1. The minimum Gasteiger partial charge on any atom is -0.310 e. The smallest absolute Gasteiger partial charge is 0.163 e.